The van der Waals surface area contributed by atoms with Crippen LogP contribution in [-0.2, 0) is 4.74 Å². The number of alkyl halides is 3. The summed E-state index contributed by atoms with van der Waals surface area (Å²) in [4.78, 5) is 39.3. The second-order valence-electron chi connectivity index (χ2n) is 6.62. The minimum Gasteiger partial charge on any atom is -0.507 e. The highest BCUT2D eigenvalue weighted by molar-refractivity contribution is 6.67. The second kappa shape index (κ2) is 9.61. The van der Waals surface area contributed by atoms with Crippen LogP contribution in [0.15, 0.2) is 66.7 Å². The van der Waals surface area contributed by atoms with Gasteiger partial charge < -0.3 is 14.9 Å². The average molecular weight is 494 g/mol. The Morgan fingerprint density at radius 3 is 1.50 bits per heavy atom. The smallest absolute Gasteiger partial charge is 0.340 e. The first-order chi connectivity index (χ1) is 15.1. The molecule has 3 aromatic carbocycles. The molecule has 3 rings (SSSR count). The number of hydrogen-bond donors (Lipinski definition) is 2. The highest BCUT2D eigenvalue weighted by atomic mass is 35.6. The fourth-order valence-corrected chi connectivity index (χ4v) is 3.17. The molecule has 0 aromatic heterocycles. The molecule has 0 aliphatic heterocycles. The van der Waals surface area contributed by atoms with Gasteiger partial charge in [0.2, 0.25) is 3.79 Å². The van der Waals surface area contributed by atoms with Crippen LogP contribution in [0.3, 0.4) is 0 Å². The molecular formula is C23H15Cl3O6. The molecule has 0 bridgehead atoms. The molecule has 0 aliphatic rings. The van der Waals surface area contributed by atoms with E-state index in [0.29, 0.717) is 0 Å². The summed E-state index contributed by atoms with van der Waals surface area (Å²) in [6, 6.07) is 16.4. The van der Waals surface area contributed by atoms with Crippen LogP contribution >= 0.6 is 34.8 Å². The molecule has 6 nitrogen and oxygen atoms in total. The second-order valence-corrected chi connectivity index (χ2v) is 9.14. The number of rotatable bonds is 6. The van der Waals surface area contributed by atoms with E-state index < -0.39 is 56.1 Å². The standard InChI is InChI=1S/C23H15Cl3O6/c24-23(25,26)12-32-22(31)19-17(20(29)13-7-3-1-4-8-13)15(27)11-16(28)18(19)21(30)14-9-5-2-6-10-14/h1-11,27-28H,12H2. The molecule has 0 amide bonds. The van der Waals surface area contributed by atoms with Crippen LogP contribution in [-0.4, -0.2) is 38.1 Å². The molecule has 0 saturated carbocycles. The van der Waals surface area contributed by atoms with Gasteiger partial charge in [0.1, 0.15) is 18.1 Å². The minimum atomic E-state index is -1.97. The molecular weight excluding hydrogens is 479 g/mol. The summed E-state index contributed by atoms with van der Waals surface area (Å²) in [5, 5.41) is 21.0. The molecule has 0 unspecified atom stereocenters. The van der Waals surface area contributed by atoms with E-state index in [2.05, 4.69) is 0 Å². The lowest BCUT2D eigenvalue weighted by Gasteiger charge is -2.17. The highest BCUT2D eigenvalue weighted by Gasteiger charge is 2.34. The predicted octanol–water partition coefficient (Wildman–Crippen LogP) is 5.09. The lowest BCUT2D eigenvalue weighted by atomic mass is 9.89. The van der Waals surface area contributed by atoms with Crippen molar-refractivity contribution in [2.75, 3.05) is 6.61 Å². The quantitative estimate of drug-likeness (QED) is 0.282. The maximum absolute atomic E-state index is 13.2. The molecule has 0 radical (unpaired) electrons. The molecule has 3 aromatic rings. The van der Waals surface area contributed by atoms with Gasteiger partial charge in [-0.15, -0.1) is 0 Å². The largest absolute Gasteiger partial charge is 0.507 e. The first kappa shape index (κ1) is 23.6. The number of carbonyl (C=O) groups is 3. The van der Waals surface area contributed by atoms with Gasteiger partial charge in [-0.25, -0.2) is 4.79 Å². The molecule has 2 N–H and O–H groups in total. The van der Waals surface area contributed by atoms with E-state index in [1.165, 1.54) is 24.3 Å². The summed E-state index contributed by atoms with van der Waals surface area (Å²) in [7, 11) is 0. The van der Waals surface area contributed by atoms with Crippen molar-refractivity contribution in [3.8, 4) is 11.5 Å². The van der Waals surface area contributed by atoms with Gasteiger partial charge in [-0.3, -0.25) is 9.59 Å². The van der Waals surface area contributed by atoms with Crippen LogP contribution in [0.4, 0.5) is 0 Å². The van der Waals surface area contributed by atoms with Crippen LogP contribution in [0.25, 0.3) is 0 Å². The predicted molar refractivity (Wildman–Crippen MR) is 120 cm³/mol. The van der Waals surface area contributed by atoms with E-state index in [9.17, 15) is 24.6 Å². The van der Waals surface area contributed by atoms with Gasteiger partial charge in [-0.2, -0.15) is 0 Å². The number of benzene rings is 3. The zero-order valence-electron chi connectivity index (χ0n) is 16.2. The van der Waals surface area contributed by atoms with E-state index in [1.54, 1.807) is 36.4 Å². The summed E-state index contributed by atoms with van der Waals surface area (Å²) >= 11 is 16.9. The monoisotopic (exact) mass is 492 g/mol. The number of hydrogen-bond acceptors (Lipinski definition) is 6. The number of halogens is 3. The number of phenols is 2. The van der Waals surface area contributed by atoms with Crippen molar-refractivity contribution in [1.29, 1.82) is 0 Å². The molecule has 0 heterocycles. The maximum Gasteiger partial charge on any atom is 0.340 e. The van der Waals surface area contributed by atoms with E-state index in [0.717, 1.165) is 6.07 Å². The molecule has 32 heavy (non-hydrogen) atoms. The van der Waals surface area contributed by atoms with Crippen LogP contribution < -0.4 is 0 Å². The summed E-state index contributed by atoms with van der Waals surface area (Å²) in [6.45, 7) is -0.704. The lowest BCUT2D eigenvalue weighted by Crippen LogP contribution is -2.22. The van der Waals surface area contributed by atoms with Crippen molar-refractivity contribution < 1.29 is 29.3 Å². The normalized spacial score (nSPS) is 11.1. The van der Waals surface area contributed by atoms with Gasteiger partial charge in [0.05, 0.1) is 16.7 Å². The van der Waals surface area contributed by atoms with Crippen molar-refractivity contribution in [1.82, 2.24) is 0 Å². The molecule has 0 atom stereocenters. The number of ether oxygens (including phenoxy) is 1. The Morgan fingerprint density at radius 2 is 1.12 bits per heavy atom. The average Bonchev–Trinajstić information content (AvgIpc) is 2.77. The molecule has 164 valence electrons. The Hall–Kier alpha value is -3.06. The number of esters is 1. The first-order valence-corrected chi connectivity index (χ1v) is 10.3. The van der Waals surface area contributed by atoms with Crippen molar-refractivity contribution in [2.45, 2.75) is 3.79 Å². The molecule has 0 spiro atoms. The fourth-order valence-electron chi connectivity index (χ4n) is 3.01. The lowest BCUT2D eigenvalue weighted by molar-refractivity contribution is 0.0505. The number of carbonyl (C=O) groups excluding carboxylic acids is 3. The number of phenolic OH excluding ortho intramolecular Hbond substituents is 2. The van der Waals surface area contributed by atoms with Gasteiger partial charge in [0, 0.05) is 17.2 Å². The minimum absolute atomic E-state index is 0.127. The van der Waals surface area contributed by atoms with Gasteiger partial charge in [0.25, 0.3) is 0 Å². The topological polar surface area (TPSA) is 101 Å². The number of aromatic hydroxyl groups is 2. The SMILES string of the molecule is O=C(c1ccccc1)c1c(O)cc(O)c(C(=O)c2ccccc2)c1C(=O)OCC(Cl)(Cl)Cl. The molecule has 0 aliphatic carbocycles. The Balaban J connectivity index is 2.25. The highest BCUT2D eigenvalue weighted by Crippen LogP contribution is 2.36. The van der Waals surface area contributed by atoms with E-state index in [1.807, 2.05) is 0 Å². The Morgan fingerprint density at radius 1 is 0.719 bits per heavy atom. The summed E-state index contributed by atoms with van der Waals surface area (Å²) in [5.41, 5.74) is -1.44. The molecule has 0 fully saturated rings. The van der Waals surface area contributed by atoms with Crippen LogP contribution in [0, 0.1) is 0 Å². The Kier molecular flexibility index (Phi) is 7.09. The summed E-state index contributed by atoms with van der Waals surface area (Å²) < 4.78 is 3.02. The van der Waals surface area contributed by atoms with Crippen LogP contribution in [0.5, 0.6) is 11.5 Å². The van der Waals surface area contributed by atoms with Crippen LogP contribution in [0.2, 0.25) is 0 Å². The van der Waals surface area contributed by atoms with Gasteiger partial charge in [-0.05, 0) is 0 Å². The van der Waals surface area contributed by atoms with Gasteiger partial charge in [-0.1, -0.05) is 95.5 Å². The van der Waals surface area contributed by atoms with E-state index >= 15 is 0 Å². The van der Waals surface area contributed by atoms with E-state index in [4.69, 9.17) is 39.5 Å². The van der Waals surface area contributed by atoms with E-state index in [-0.39, 0.29) is 11.1 Å². The zero-order valence-corrected chi connectivity index (χ0v) is 18.5. The zero-order chi connectivity index (χ0) is 23.5. The van der Waals surface area contributed by atoms with Crippen molar-refractivity contribution in [2.24, 2.45) is 0 Å². The summed E-state index contributed by atoms with van der Waals surface area (Å²) in [6.07, 6.45) is 0. The molecule has 9 heteroatoms. The molecule has 0 saturated heterocycles. The van der Waals surface area contributed by atoms with Crippen LogP contribution in [0.1, 0.15) is 42.2 Å². The van der Waals surface area contributed by atoms with Crippen molar-refractivity contribution in [3.63, 3.8) is 0 Å². The number of ketones is 2. The van der Waals surface area contributed by atoms with Gasteiger partial charge in [0.15, 0.2) is 11.6 Å². The first-order valence-electron chi connectivity index (χ1n) is 9.12. The maximum atomic E-state index is 13.2. The van der Waals surface area contributed by atoms with Gasteiger partial charge >= 0.3 is 5.97 Å². The Labute approximate surface area is 197 Å². The third-order valence-corrected chi connectivity index (χ3v) is 4.71. The summed E-state index contributed by atoms with van der Waals surface area (Å²) in [5.74, 6) is -4.22. The third-order valence-electron chi connectivity index (χ3n) is 4.38. The Bertz CT molecular complexity index is 1100. The third kappa shape index (κ3) is 5.22. The van der Waals surface area contributed by atoms with Crippen molar-refractivity contribution >= 4 is 52.3 Å². The fraction of sp³-hybridized carbons (Fsp3) is 0.0870. The van der Waals surface area contributed by atoms with Crippen molar-refractivity contribution in [3.05, 3.63) is 94.5 Å².